The highest BCUT2D eigenvalue weighted by molar-refractivity contribution is 7.19. The topological polar surface area (TPSA) is 87.2 Å². The van der Waals surface area contributed by atoms with E-state index in [0.29, 0.717) is 27.8 Å². The molecule has 2 aromatic carbocycles. The largest absolute Gasteiger partial charge is 0.497 e. The molecular formula is C21H19N3O4S. The van der Waals surface area contributed by atoms with E-state index >= 15 is 0 Å². The van der Waals surface area contributed by atoms with Crippen molar-refractivity contribution in [1.82, 2.24) is 0 Å². The number of methoxy groups -OCH3 is 3. The first-order valence-electron chi connectivity index (χ1n) is 8.49. The van der Waals surface area contributed by atoms with E-state index < -0.39 is 0 Å². The molecule has 1 heterocycles. The molecule has 1 aromatic heterocycles. The normalized spacial score (nSPS) is 10.1. The first kappa shape index (κ1) is 20.0. The average Bonchev–Trinajstić information content (AvgIpc) is 3.08. The van der Waals surface area contributed by atoms with Crippen molar-refractivity contribution in [2.75, 3.05) is 32.4 Å². The van der Waals surface area contributed by atoms with Gasteiger partial charge in [0, 0.05) is 11.8 Å². The van der Waals surface area contributed by atoms with Crippen LogP contribution in [0.2, 0.25) is 0 Å². The molecule has 8 heteroatoms. The first-order chi connectivity index (χ1) is 14.0. The number of rotatable bonds is 7. The SMILES string of the molecule is [C-]#[N+]c1c(Nc2ccc(OC)cc2)sc(C(=O)c2ccc(OC)cc2OC)c1N. The maximum atomic E-state index is 13.1. The lowest BCUT2D eigenvalue weighted by molar-refractivity contribution is 0.104. The van der Waals surface area contributed by atoms with Crippen molar-refractivity contribution in [3.8, 4) is 17.2 Å². The third-order valence-corrected chi connectivity index (χ3v) is 5.35. The molecule has 29 heavy (non-hydrogen) atoms. The van der Waals surface area contributed by atoms with Crippen LogP contribution in [0.5, 0.6) is 17.2 Å². The van der Waals surface area contributed by atoms with Crippen LogP contribution in [0.25, 0.3) is 4.85 Å². The van der Waals surface area contributed by atoms with Crippen LogP contribution in [-0.4, -0.2) is 27.1 Å². The van der Waals surface area contributed by atoms with Crippen molar-refractivity contribution in [3.05, 3.63) is 64.3 Å². The van der Waals surface area contributed by atoms with Gasteiger partial charge in [0.05, 0.1) is 44.0 Å². The second kappa shape index (κ2) is 8.54. The maximum Gasteiger partial charge on any atom is 0.243 e. The number of ether oxygens (including phenoxy) is 3. The first-order valence-corrected chi connectivity index (χ1v) is 9.31. The second-order valence-electron chi connectivity index (χ2n) is 5.88. The predicted molar refractivity (Wildman–Crippen MR) is 114 cm³/mol. The van der Waals surface area contributed by atoms with Crippen LogP contribution < -0.4 is 25.3 Å². The number of nitrogens with two attached hydrogens (primary N) is 1. The number of ketones is 1. The van der Waals surface area contributed by atoms with E-state index in [-0.39, 0.29) is 22.0 Å². The van der Waals surface area contributed by atoms with Gasteiger partial charge in [-0.1, -0.05) is 0 Å². The van der Waals surface area contributed by atoms with E-state index in [9.17, 15) is 4.79 Å². The molecule has 0 saturated carbocycles. The molecule has 0 fully saturated rings. The van der Waals surface area contributed by atoms with Crippen molar-refractivity contribution in [2.45, 2.75) is 0 Å². The van der Waals surface area contributed by atoms with Crippen molar-refractivity contribution in [2.24, 2.45) is 0 Å². The molecule has 148 valence electrons. The lowest BCUT2D eigenvalue weighted by atomic mass is 10.1. The van der Waals surface area contributed by atoms with Crippen LogP contribution in [0, 0.1) is 6.57 Å². The monoisotopic (exact) mass is 409 g/mol. The zero-order chi connectivity index (χ0) is 21.0. The Morgan fingerprint density at radius 2 is 1.69 bits per heavy atom. The minimum Gasteiger partial charge on any atom is -0.497 e. The number of nitrogen functional groups attached to an aromatic ring is 1. The Morgan fingerprint density at radius 3 is 2.28 bits per heavy atom. The molecule has 7 nitrogen and oxygen atoms in total. The summed E-state index contributed by atoms with van der Waals surface area (Å²) in [4.78, 5) is 16.9. The molecule has 0 aliphatic carbocycles. The predicted octanol–water partition coefficient (Wildman–Crippen LogP) is 4.88. The summed E-state index contributed by atoms with van der Waals surface area (Å²) in [5.74, 6) is 1.34. The van der Waals surface area contributed by atoms with Gasteiger partial charge in [-0.05, 0) is 36.4 Å². The average molecular weight is 409 g/mol. The molecule has 0 radical (unpaired) electrons. The minimum atomic E-state index is -0.320. The Kier molecular flexibility index (Phi) is 5.90. The smallest absolute Gasteiger partial charge is 0.243 e. The molecule has 3 N–H and O–H groups in total. The number of hydrogen-bond donors (Lipinski definition) is 2. The van der Waals surface area contributed by atoms with Crippen LogP contribution in [0.3, 0.4) is 0 Å². The highest BCUT2D eigenvalue weighted by Crippen LogP contribution is 2.45. The van der Waals surface area contributed by atoms with Crippen LogP contribution in [0.1, 0.15) is 15.2 Å². The Balaban J connectivity index is 1.98. The molecule has 0 saturated heterocycles. The van der Waals surface area contributed by atoms with Gasteiger partial charge in [-0.25, -0.2) is 4.85 Å². The Hall–Kier alpha value is -3.70. The van der Waals surface area contributed by atoms with Gasteiger partial charge < -0.3 is 25.3 Å². The zero-order valence-corrected chi connectivity index (χ0v) is 16.9. The summed E-state index contributed by atoms with van der Waals surface area (Å²) in [6.07, 6.45) is 0. The number of nitrogens with zero attached hydrogens (tertiary/aromatic N) is 1. The molecule has 0 atom stereocenters. The summed E-state index contributed by atoms with van der Waals surface area (Å²) in [5, 5.41) is 3.65. The van der Waals surface area contributed by atoms with Crippen LogP contribution >= 0.6 is 11.3 Å². The number of benzene rings is 2. The van der Waals surface area contributed by atoms with E-state index in [4.69, 9.17) is 26.5 Å². The van der Waals surface area contributed by atoms with Gasteiger partial charge in [-0.3, -0.25) is 4.79 Å². The maximum absolute atomic E-state index is 13.1. The number of anilines is 3. The fourth-order valence-corrected chi connectivity index (χ4v) is 3.75. The van der Waals surface area contributed by atoms with Gasteiger partial charge >= 0.3 is 0 Å². The number of thiophene rings is 1. The van der Waals surface area contributed by atoms with Gasteiger partial charge in [-0.15, -0.1) is 11.3 Å². The standard InChI is InChI=1S/C21H19N3O4S/c1-23-18-17(22)20(19(25)15-10-9-14(27-3)11-16(15)28-4)29-21(18)24-12-5-7-13(26-2)8-6-12/h5-11,24H,22H2,2-4H3. The molecule has 0 aliphatic rings. The molecule has 0 amide bonds. The molecule has 0 aliphatic heterocycles. The molecule has 3 rings (SSSR count). The molecule has 0 bridgehead atoms. The summed E-state index contributed by atoms with van der Waals surface area (Å²) >= 11 is 1.13. The summed E-state index contributed by atoms with van der Waals surface area (Å²) in [6.45, 7) is 7.48. The quantitative estimate of drug-likeness (QED) is 0.427. The Morgan fingerprint density at radius 1 is 1.03 bits per heavy atom. The van der Waals surface area contributed by atoms with Crippen LogP contribution in [-0.2, 0) is 0 Å². The molecule has 0 unspecified atom stereocenters. The third kappa shape index (κ3) is 3.95. The van der Waals surface area contributed by atoms with Gasteiger partial charge in [0.2, 0.25) is 11.5 Å². The summed E-state index contributed by atoms with van der Waals surface area (Å²) in [6, 6.07) is 12.1. The summed E-state index contributed by atoms with van der Waals surface area (Å²) in [5.41, 5.74) is 7.59. The van der Waals surface area contributed by atoms with E-state index in [2.05, 4.69) is 10.2 Å². The lowest BCUT2D eigenvalue weighted by Gasteiger charge is -2.09. The van der Waals surface area contributed by atoms with Crippen molar-refractivity contribution in [1.29, 1.82) is 0 Å². The second-order valence-corrected chi connectivity index (χ2v) is 6.90. The van der Waals surface area contributed by atoms with E-state index in [0.717, 1.165) is 17.0 Å². The van der Waals surface area contributed by atoms with E-state index in [1.807, 2.05) is 12.1 Å². The number of nitrogens with one attached hydrogen (secondary N) is 1. The Bertz CT molecular complexity index is 1080. The highest BCUT2D eigenvalue weighted by Gasteiger charge is 2.24. The van der Waals surface area contributed by atoms with Gasteiger partial charge in [-0.2, -0.15) is 0 Å². The van der Waals surface area contributed by atoms with Gasteiger partial charge in [0.25, 0.3) is 0 Å². The van der Waals surface area contributed by atoms with Gasteiger partial charge in [0.15, 0.2) is 0 Å². The van der Waals surface area contributed by atoms with Crippen molar-refractivity contribution in [3.63, 3.8) is 0 Å². The van der Waals surface area contributed by atoms with Gasteiger partial charge in [0.1, 0.15) is 22.2 Å². The van der Waals surface area contributed by atoms with Crippen molar-refractivity contribution >= 4 is 39.2 Å². The number of carbonyl (C=O) groups is 1. The zero-order valence-electron chi connectivity index (χ0n) is 16.1. The van der Waals surface area contributed by atoms with E-state index in [1.165, 1.54) is 14.2 Å². The third-order valence-electron chi connectivity index (χ3n) is 4.24. The fourth-order valence-electron chi connectivity index (χ4n) is 2.71. The molecule has 0 spiro atoms. The number of hydrogen-bond acceptors (Lipinski definition) is 7. The summed E-state index contributed by atoms with van der Waals surface area (Å²) in [7, 11) is 4.60. The van der Waals surface area contributed by atoms with Crippen LogP contribution in [0.15, 0.2) is 42.5 Å². The fraction of sp³-hybridized carbons (Fsp3) is 0.143. The van der Waals surface area contributed by atoms with Crippen LogP contribution in [0.4, 0.5) is 22.1 Å². The molecule has 3 aromatic rings. The minimum absolute atomic E-state index is 0.142. The molecular weight excluding hydrogens is 390 g/mol. The van der Waals surface area contributed by atoms with Crippen molar-refractivity contribution < 1.29 is 19.0 Å². The summed E-state index contributed by atoms with van der Waals surface area (Å²) < 4.78 is 15.6. The lowest BCUT2D eigenvalue weighted by Crippen LogP contribution is -2.04. The highest BCUT2D eigenvalue weighted by atomic mass is 32.1. The van der Waals surface area contributed by atoms with E-state index in [1.54, 1.807) is 37.4 Å². The Labute approximate surface area is 172 Å². The number of carbonyl (C=O) groups excluding carboxylic acids is 1.